The third-order valence-electron chi connectivity index (χ3n) is 3.66. The van der Waals surface area contributed by atoms with E-state index < -0.39 is 0 Å². The Hall–Kier alpha value is -2.34. The predicted molar refractivity (Wildman–Crippen MR) is 90.6 cm³/mol. The fourth-order valence-corrected chi connectivity index (χ4v) is 2.39. The van der Waals surface area contributed by atoms with Crippen molar-refractivity contribution in [3.8, 4) is 17.1 Å². The minimum Gasteiger partial charge on any atom is -0.496 e. The van der Waals surface area contributed by atoms with E-state index >= 15 is 0 Å². The molecule has 0 saturated heterocycles. The number of carbonyl (C=O) groups is 1. The predicted octanol–water partition coefficient (Wildman–Crippen LogP) is 2.98. The number of rotatable bonds is 8. The zero-order chi connectivity index (χ0) is 17.5. The molecule has 0 aliphatic heterocycles. The van der Waals surface area contributed by atoms with Gasteiger partial charge in [-0.2, -0.15) is 0 Å². The summed E-state index contributed by atoms with van der Waals surface area (Å²) in [5.74, 6) is 1.32. The van der Waals surface area contributed by atoms with Crippen molar-refractivity contribution in [2.24, 2.45) is 5.92 Å². The molecule has 0 N–H and O–H groups in total. The molecular weight excluding hydrogens is 308 g/mol. The van der Waals surface area contributed by atoms with Crippen molar-refractivity contribution in [3.63, 3.8) is 0 Å². The Labute approximate surface area is 142 Å². The van der Waals surface area contributed by atoms with Crippen molar-refractivity contribution >= 4 is 5.91 Å². The van der Waals surface area contributed by atoms with Crippen LogP contribution >= 0.6 is 0 Å². The van der Waals surface area contributed by atoms with E-state index in [0.717, 1.165) is 11.3 Å². The van der Waals surface area contributed by atoms with E-state index in [0.29, 0.717) is 31.2 Å². The van der Waals surface area contributed by atoms with Gasteiger partial charge in [0.1, 0.15) is 11.4 Å². The van der Waals surface area contributed by atoms with Crippen LogP contribution in [0.1, 0.15) is 19.5 Å². The molecule has 0 saturated carbocycles. The Balaban J connectivity index is 2.17. The molecule has 6 nitrogen and oxygen atoms in total. The molecule has 6 heteroatoms. The number of carbonyl (C=O) groups excluding carboxylic acids is 1. The maximum absolute atomic E-state index is 12.3. The number of nitrogens with zero attached hydrogens (tertiary/aromatic N) is 2. The van der Waals surface area contributed by atoms with Gasteiger partial charge in [-0.3, -0.25) is 4.79 Å². The quantitative estimate of drug-likeness (QED) is 0.743. The Morgan fingerprint density at radius 1 is 1.29 bits per heavy atom. The van der Waals surface area contributed by atoms with Crippen LogP contribution in [0.3, 0.4) is 0 Å². The first-order chi connectivity index (χ1) is 11.6. The zero-order valence-electron chi connectivity index (χ0n) is 14.6. The highest BCUT2D eigenvalue weighted by molar-refractivity contribution is 5.78. The van der Waals surface area contributed by atoms with Gasteiger partial charge >= 0.3 is 0 Å². The molecule has 1 amide bonds. The molecule has 1 heterocycles. The topological polar surface area (TPSA) is 64.8 Å². The van der Waals surface area contributed by atoms with Crippen LogP contribution in [0.4, 0.5) is 0 Å². The number of hydrogen-bond donors (Lipinski definition) is 0. The molecule has 0 bridgehead atoms. The summed E-state index contributed by atoms with van der Waals surface area (Å²) in [7, 11) is 3.23. The van der Waals surface area contributed by atoms with Crippen molar-refractivity contribution in [3.05, 3.63) is 36.0 Å². The highest BCUT2D eigenvalue weighted by Gasteiger charge is 2.19. The van der Waals surface area contributed by atoms with E-state index in [1.807, 2.05) is 44.2 Å². The lowest BCUT2D eigenvalue weighted by Gasteiger charge is -2.23. The second-order valence-corrected chi connectivity index (χ2v) is 5.79. The molecule has 0 unspecified atom stereocenters. The number of para-hydroxylation sites is 1. The smallest absolute Gasteiger partial charge is 0.225 e. The lowest BCUT2D eigenvalue weighted by molar-refractivity contribution is -0.135. The molecule has 0 radical (unpaired) electrons. The van der Waals surface area contributed by atoms with Crippen LogP contribution in [-0.4, -0.2) is 43.3 Å². The summed E-state index contributed by atoms with van der Waals surface area (Å²) in [4.78, 5) is 14.1. The van der Waals surface area contributed by atoms with Crippen molar-refractivity contribution in [1.29, 1.82) is 0 Å². The average molecular weight is 332 g/mol. The molecule has 0 atom stereocenters. The SMILES string of the molecule is COCCN(Cc1cc(-c2ccccc2OC)on1)C(=O)C(C)C. The van der Waals surface area contributed by atoms with Crippen molar-refractivity contribution in [2.45, 2.75) is 20.4 Å². The Kier molecular flexibility index (Phi) is 6.37. The number of methoxy groups -OCH3 is 2. The van der Waals surface area contributed by atoms with E-state index in [1.165, 1.54) is 0 Å². The monoisotopic (exact) mass is 332 g/mol. The van der Waals surface area contributed by atoms with Gasteiger partial charge in [0.15, 0.2) is 5.76 Å². The van der Waals surface area contributed by atoms with Gasteiger partial charge in [0, 0.05) is 25.6 Å². The van der Waals surface area contributed by atoms with Gasteiger partial charge in [-0.1, -0.05) is 31.1 Å². The van der Waals surface area contributed by atoms with Crippen LogP contribution < -0.4 is 4.74 Å². The third kappa shape index (κ3) is 4.35. The summed E-state index contributed by atoms with van der Waals surface area (Å²) in [6.45, 7) is 5.15. The summed E-state index contributed by atoms with van der Waals surface area (Å²) in [5, 5.41) is 4.09. The first-order valence-corrected chi connectivity index (χ1v) is 7.93. The van der Waals surface area contributed by atoms with Crippen molar-refractivity contribution in [1.82, 2.24) is 10.1 Å². The van der Waals surface area contributed by atoms with Crippen molar-refractivity contribution in [2.75, 3.05) is 27.4 Å². The van der Waals surface area contributed by atoms with E-state index in [1.54, 1.807) is 19.1 Å². The number of ether oxygens (including phenoxy) is 2. The standard InChI is InChI=1S/C18H24N2O4/c1-13(2)18(21)20(9-10-22-3)12-14-11-17(24-19-14)15-7-5-6-8-16(15)23-4/h5-8,11,13H,9-10,12H2,1-4H3. The molecule has 0 spiro atoms. The first-order valence-electron chi connectivity index (χ1n) is 7.93. The molecule has 1 aromatic heterocycles. The van der Waals surface area contributed by atoms with Crippen LogP contribution in [-0.2, 0) is 16.1 Å². The van der Waals surface area contributed by atoms with E-state index in [2.05, 4.69) is 5.16 Å². The molecule has 2 rings (SSSR count). The second kappa shape index (κ2) is 8.49. The van der Waals surface area contributed by atoms with Gasteiger partial charge in [-0.15, -0.1) is 0 Å². The molecule has 1 aromatic carbocycles. The molecular formula is C18H24N2O4. The second-order valence-electron chi connectivity index (χ2n) is 5.79. The first kappa shape index (κ1) is 18.0. The van der Waals surface area contributed by atoms with E-state index in [4.69, 9.17) is 14.0 Å². The van der Waals surface area contributed by atoms with Crippen LogP contribution in [0, 0.1) is 5.92 Å². The number of amides is 1. The third-order valence-corrected chi connectivity index (χ3v) is 3.66. The van der Waals surface area contributed by atoms with Gasteiger partial charge in [-0.05, 0) is 12.1 Å². The minimum atomic E-state index is -0.0811. The van der Waals surface area contributed by atoms with Crippen LogP contribution in [0.2, 0.25) is 0 Å². The number of aromatic nitrogens is 1. The lowest BCUT2D eigenvalue weighted by Crippen LogP contribution is -2.36. The zero-order valence-corrected chi connectivity index (χ0v) is 14.6. The summed E-state index contributed by atoms with van der Waals surface area (Å²) in [6.07, 6.45) is 0. The lowest BCUT2D eigenvalue weighted by atomic mass is 10.1. The molecule has 130 valence electrons. The summed E-state index contributed by atoms with van der Waals surface area (Å²) in [6, 6.07) is 9.42. The highest BCUT2D eigenvalue weighted by Crippen LogP contribution is 2.30. The van der Waals surface area contributed by atoms with Crippen LogP contribution in [0.15, 0.2) is 34.9 Å². The number of hydrogen-bond acceptors (Lipinski definition) is 5. The van der Waals surface area contributed by atoms with Gasteiger partial charge < -0.3 is 18.9 Å². The summed E-state index contributed by atoms with van der Waals surface area (Å²) >= 11 is 0. The molecule has 24 heavy (non-hydrogen) atoms. The largest absolute Gasteiger partial charge is 0.496 e. The molecule has 0 aliphatic carbocycles. The molecule has 2 aromatic rings. The van der Waals surface area contributed by atoms with E-state index in [-0.39, 0.29) is 11.8 Å². The van der Waals surface area contributed by atoms with Crippen LogP contribution in [0.5, 0.6) is 5.75 Å². The maximum Gasteiger partial charge on any atom is 0.225 e. The van der Waals surface area contributed by atoms with Gasteiger partial charge in [0.2, 0.25) is 5.91 Å². The highest BCUT2D eigenvalue weighted by atomic mass is 16.5. The fraction of sp³-hybridized carbons (Fsp3) is 0.444. The minimum absolute atomic E-state index is 0.0638. The Bertz CT molecular complexity index is 667. The Morgan fingerprint density at radius 2 is 2.04 bits per heavy atom. The maximum atomic E-state index is 12.3. The van der Waals surface area contributed by atoms with Gasteiger partial charge in [0.05, 0.1) is 25.8 Å². The normalized spacial score (nSPS) is 10.9. The number of benzene rings is 1. The summed E-state index contributed by atoms with van der Waals surface area (Å²) < 4.78 is 15.9. The van der Waals surface area contributed by atoms with Crippen LogP contribution in [0.25, 0.3) is 11.3 Å². The van der Waals surface area contributed by atoms with Gasteiger partial charge in [-0.25, -0.2) is 0 Å². The van der Waals surface area contributed by atoms with E-state index in [9.17, 15) is 4.79 Å². The molecule has 0 fully saturated rings. The fourth-order valence-electron chi connectivity index (χ4n) is 2.39. The summed E-state index contributed by atoms with van der Waals surface area (Å²) in [5.41, 5.74) is 1.53. The Morgan fingerprint density at radius 3 is 2.71 bits per heavy atom. The van der Waals surface area contributed by atoms with Gasteiger partial charge in [0.25, 0.3) is 0 Å². The van der Waals surface area contributed by atoms with Crippen molar-refractivity contribution < 1.29 is 18.8 Å². The molecule has 0 aliphatic rings. The average Bonchev–Trinajstić information content (AvgIpc) is 3.06.